The fraction of sp³-hybridized carbons (Fsp3) is 0.600. The number of nitrogens with zero attached hydrogens (tertiary/aromatic N) is 3. The highest BCUT2D eigenvalue weighted by molar-refractivity contribution is 5.55. The predicted octanol–water partition coefficient (Wildman–Crippen LogP) is 1.43. The molecule has 0 unspecified atom stereocenters. The Morgan fingerprint density at radius 1 is 1.45 bits per heavy atom. The Hall–Kier alpha value is -1.64. The fourth-order valence-electron chi connectivity index (χ4n) is 2.42. The van der Waals surface area contributed by atoms with Crippen molar-refractivity contribution in [3.8, 4) is 6.07 Å². The van der Waals surface area contributed by atoms with E-state index in [0.29, 0.717) is 5.56 Å². The molecule has 0 atom stereocenters. The monoisotopic (exact) mass is 274 g/mol. The van der Waals surface area contributed by atoms with Gasteiger partial charge in [-0.15, -0.1) is 0 Å². The number of aryl methyl sites for hydroxylation is 2. The largest absolute Gasteiger partial charge is 0.383 e. The van der Waals surface area contributed by atoms with E-state index in [-0.39, 0.29) is 0 Å². The van der Waals surface area contributed by atoms with E-state index < -0.39 is 0 Å². The number of pyridine rings is 1. The van der Waals surface area contributed by atoms with E-state index in [1.54, 1.807) is 7.11 Å². The van der Waals surface area contributed by atoms with Crippen LogP contribution in [0, 0.1) is 11.3 Å². The summed E-state index contributed by atoms with van der Waals surface area (Å²) in [5.41, 5.74) is 3.05. The van der Waals surface area contributed by atoms with Crippen LogP contribution in [0.4, 0.5) is 5.82 Å². The van der Waals surface area contributed by atoms with Crippen LogP contribution < -0.4 is 5.32 Å². The second-order valence-corrected chi connectivity index (χ2v) is 5.18. The highest BCUT2D eigenvalue weighted by Gasteiger charge is 2.16. The molecule has 0 saturated carbocycles. The summed E-state index contributed by atoms with van der Waals surface area (Å²) in [6.45, 7) is 3.31. The van der Waals surface area contributed by atoms with Crippen LogP contribution in [-0.2, 0) is 17.6 Å². The third kappa shape index (κ3) is 3.69. The lowest BCUT2D eigenvalue weighted by Crippen LogP contribution is -2.28. The average Bonchev–Trinajstić information content (AvgIpc) is 2.91. The van der Waals surface area contributed by atoms with Crippen molar-refractivity contribution < 1.29 is 4.74 Å². The molecule has 0 spiro atoms. The lowest BCUT2D eigenvalue weighted by molar-refractivity contribution is 0.163. The number of rotatable bonds is 7. The molecule has 0 fully saturated rings. The van der Waals surface area contributed by atoms with Gasteiger partial charge in [-0.3, -0.25) is 0 Å². The van der Waals surface area contributed by atoms with Gasteiger partial charge in [0.15, 0.2) is 0 Å². The van der Waals surface area contributed by atoms with Crippen molar-refractivity contribution in [1.82, 2.24) is 9.88 Å². The normalized spacial score (nSPS) is 13.3. The lowest BCUT2D eigenvalue weighted by atomic mass is 10.1. The zero-order valence-electron chi connectivity index (χ0n) is 12.3. The van der Waals surface area contributed by atoms with Crippen molar-refractivity contribution in [2.45, 2.75) is 19.3 Å². The average molecular weight is 274 g/mol. The number of nitriles is 1. The molecule has 0 radical (unpaired) electrons. The van der Waals surface area contributed by atoms with Gasteiger partial charge in [-0.25, -0.2) is 4.98 Å². The van der Waals surface area contributed by atoms with Crippen molar-refractivity contribution >= 4 is 5.82 Å². The highest BCUT2D eigenvalue weighted by Crippen LogP contribution is 2.24. The number of likely N-dealkylation sites (N-methyl/N-ethyl adjacent to an activating group) is 1. The molecule has 0 bridgehead atoms. The van der Waals surface area contributed by atoms with Crippen molar-refractivity contribution in [2.24, 2.45) is 0 Å². The maximum atomic E-state index is 9.22. The number of anilines is 1. The van der Waals surface area contributed by atoms with Crippen LogP contribution in [-0.4, -0.2) is 50.3 Å². The molecule has 0 amide bonds. The van der Waals surface area contributed by atoms with Crippen molar-refractivity contribution in [1.29, 1.82) is 5.26 Å². The van der Waals surface area contributed by atoms with E-state index in [9.17, 15) is 5.26 Å². The molecular weight excluding hydrogens is 252 g/mol. The van der Waals surface area contributed by atoms with Crippen molar-refractivity contribution in [3.05, 3.63) is 22.9 Å². The fourth-order valence-corrected chi connectivity index (χ4v) is 2.42. The Labute approximate surface area is 120 Å². The summed E-state index contributed by atoms with van der Waals surface area (Å²) in [7, 11) is 3.77. The van der Waals surface area contributed by atoms with E-state index in [1.165, 1.54) is 5.56 Å². The van der Waals surface area contributed by atoms with E-state index in [2.05, 4.69) is 28.3 Å². The first kappa shape index (κ1) is 14.8. The summed E-state index contributed by atoms with van der Waals surface area (Å²) in [4.78, 5) is 6.80. The quantitative estimate of drug-likeness (QED) is 0.815. The van der Waals surface area contributed by atoms with Gasteiger partial charge in [0.2, 0.25) is 0 Å². The molecule has 0 saturated heterocycles. The number of aromatic nitrogens is 1. The first-order valence-electron chi connectivity index (χ1n) is 7.09. The Morgan fingerprint density at radius 2 is 2.30 bits per heavy atom. The molecule has 1 heterocycles. The van der Waals surface area contributed by atoms with Crippen LogP contribution in [0.25, 0.3) is 0 Å². The molecule has 1 N–H and O–H groups in total. The molecule has 5 nitrogen and oxygen atoms in total. The van der Waals surface area contributed by atoms with E-state index in [4.69, 9.17) is 4.74 Å². The zero-order valence-corrected chi connectivity index (χ0v) is 12.3. The Balaban J connectivity index is 1.91. The Bertz CT molecular complexity index is 495. The molecule has 2 rings (SSSR count). The molecule has 108 valence electrons. The Kier molecular flexibility index (Phi) is 5.33. The van der Waals surface area contributed by atoms with Crippen molar-refractivity contribution in [3.63, 3.8) is 0 Å². The van der Waals surface area contributed by atoms with E-state index in [1.807, 2.05) is 6.07 Å². The van der Waals surface area contributed by atoms with Gasteiger partial charge in [0.25, 0.3) is 0 Å². The number of methoxy groups -OCH3 is 1. The van der Waals surface area contributed by atoms with Crippen LogP contribution >= 0.6 is 0 Å². The SMILES string of the molecule is COCCN(C)CCNc1nc2c(cc1C#N)CCC2. The maximum Gasteiger partial charge on any atom is 0.144 e. The summed E-state index contributed by atoms with van der Waals surface area (Å²) < 4.78 is 5.05. The summed E-state index contributed by atoms with van der Waals surface area (Å²) in [5, 5.41) is 12.5. The highest BCUT2D eigenvalue weighted by atomic mass is 16.5. The number of hydrogen-bond donors (Lipinski definition) is 1. The first-order chi connectivity index (χ1) is 9.74. The molecule has 20 heavy (non-hydrogen) atoms. The third-order valence-electron chi connectivity index (χ3n) is 3.63. The smallest absolute Gasteiger partial charge is 0.144 e. The Morgan fingerprint density at radius 3 is 3.05 bits per heavy atom. The zero-order chi connectivity index (χ0) is 14.4. The number of nitrogens with one attached hydrogen (secondary N) is 1. The minimum Gasteiger partial charge on any atom is -0.383 e. The second kappa shape index (κ2) is 7.22. The number of fused-ring (bicyclic) bond motifs is 1. The second-order valence-electron chi connectivity index (χ2n) is 5.18. The lowest BCUT2D eigenvalue weighted by Gasteiger charge is -2.17. The van der Waals surface area contributed by atoms with Crippen LogP contribution in [0.2, 0.25) is 0 Å². The van der Waals surface area contributed by atoms with E-state index in [0.717, 1.165) is 57.0 Å². The van der Waals surface area contributed by atoms with Gasteiger partial charge >= 0.3 is 0 Å². The van der Waals surface area contributed by atoms with Gasteiger partial charge < -0.3 is 15.0 Å². The maximum absolute atomic E-state index is 9.22. The van der Waals surface area contributed by atoms with Gasteiger partial charge in [0, 0.05) is 32.4 Å². The van der Waals surface area contributed by atoms with Gasteiger partial charge in [-0.05, 0) is 37.9 Å². The molecule has 1 aliphatic carbocycles. The predicted molar refractivity (Wildman–Crippen MR) is 78.8 cm³/mol. The van der Waals surface area contributed by atoms with Crippen LogP contribution in [0.3, 0.4) is 0 Å². The molecular formula is C15H22N4O. The van der Waals surface area contributed by atoms with Gasteiger partial charge in [0.1, 0.15) is 11.9 Å². The van der Waals surface area contributed by atoms with Gasteiger partial charge in [0.05, 0.1) is 12.2 Å². The molecule has 0 aliphatic heterocycles. The minimum absolute atomic E-state index is 0.658. The van der Waals surface area contributed by atoms with Gasteiger partial charge in [-0.1, -0.05) is 0 Å². The molecule has 1 aromatic rings. The number of ether oxygens (including phenoxy) is 1. The van der Waals surface area contributed by atoms with Crippen LogP contribution in [0.15, 0.2) is 6.07 Å². The molecule has 0 aromatic carbocycles. The number of hydrogen-bond acceptors (Lipinski definition) is 5. The van der Waals surface area contributed by atoms with Crippen LogP contribution in [0.1, 0.15) is 23.2 Å². The molecule has 5 heteroatoms. The molecule has 1 aromatic heterocycles. The standard InChI is InChI=1S/C15H22N4O/c1-19(8-9-20-2)7-6-17-15-13(11-16)10-12-4-3-5-14(12)18-15/h10H,3-9H2,1-2H3,(H,17,18). The first-order valence-corrected chi connectivity index (χ1v) is 7.09. The summed E-state index contributed by atoms with van der Waals surface area (Å²) >= 11 is 0. The summed E-state index contributed by atoms with van der Waals surface area (Å²) in [6, 6.07) is 4.23. The molecule has 1 aliphatic rings. The van der Waals surface area contributed by atoms with Crippen LogP contribution in [0.5, 0.6) is 0 Å². The summed E-state index contributed by atoms with van der Waals surface area (Å²) in [6.07, 6.45) is 3.23. The third-order valence-corrected chi connectivity index (χ3v) is 3.63. The van der Waals surface area contributed by atoms with Crippen molar-refractivity contribution in [2.75, 3.05) is 45.7 Å². The summed E-state index contributed by atoms with van der Waals surface area (Å²) in [5.74, 6) is 0.730. The van der Waals surface area contributed by atoms with Gasteiger partial charge in [-0.2, -0.15) is 5.26 Å². The topological polar surface area (TPSA) is 61.2 Å². The van der Waals surface area contributed by atoms with E-state index >= 15 is 0 Å². The minimum atomic E-state index is 0.658.